The van der Waals surface area contributed by atoms with Gasteiger partial charge in [0, 0.05) is 5.41 Å². The molecule has 46 heavy (non-hydrogen) atoms. The molecule has 0 bridgehead atoms. The van der Waals surface area contributed by atoms with Crippen molar-refractivity contribution in [3.05, 3.63) is 11.6 Å². The molecule has 1 saturated heterocycles. The molecule has 4 saturated carbocycles. The number of thioether (sulfide) groups is 1. The predicted octanol–water partition coefficient (Wildman–Crippen LogP) is 8.41. The minimum absolute atomic E-state index is 0.0162. The van der Waals surface area contributed by atoms with Crippen LogP contribution in [-0.4, -0.2) is 49.7 Å². The van der Waals surface area contributed by atoms with E-state index in [4.69, 9.17) is 17.1 Å². The Morgan fingerprint density at radius 1 is 1.04 bits per heavy atom. The summed E-state index contributed by atoms with van der Waals surface area (Å²) < 4.78 is 0.428. The van der Waals surface area contributed by atoms with Gasteiger partial charge in [0.15, 0.2) is 0 Å². The normalized spacial score (nSPS) is 43.6. The molecule has 0 aromatic heterocycles. The van der Waals surface area contributed by atoms with Gasteiger partial charge in [0.2, 0.25) is 5.91 Å². The van der Waals surface area contributed by atoms with E-state index < -0.39 is 17.4 Å². The van der Waals surface area contributed by atoms with Crippen molar-refractivity contribution in [2.45, 2.75) is 131 Å². The summed E-state index contributed by atoms with van der Waals surface area (Å²) in [7, 11) is 0. The minimum Gasteiger partial charge on any atom is -0.481 e. The van der Waals surface area contributed by atoms with E-state index in [9.17, 15) is 19.5 Å². The first-order valence-corrected chi connectivity index (χ1v) is 18.9. The van der Waals surface area contributed by atoms with Gasteiger partial charge in [-0.2, -0.15) is 0 Å². The highest BCUT2D eigenvalue weighted by molar-refractivity contribution is 8.24. The second-order valence-corrected chi connectivity index (χ2v) is 19.4. The van der Waals surface area contributed by atoms with Gasteiger partial charge >= 0.3 is 11.9 Å². The maximum atomic E-state index is 12.9. The van der Waals surface area contributed by atoms with Crippen molar-refractivity contribution in [2.75, 3.05) is 6.54 Å². The lowest BCUT2D eigenvalue weighted by molar-refractivity contribution is -0.179. The zero-order valence-electron chi connectivity index (χ0n) is 29.2. The molecule has 1 aliphatic heterocycles. The first-order chi connectivity index (χ1) is 21.4. The molecule has 6 aliphatic rings. The molecule has 0 aromatic carbocycles. The average Bonchev–Trinajstić information content (AvgIpc) is 3.24. The summed E-state index contributed by atoms with van der Waals surface area (Å²) in [4.78, 5) is 45.3. The second-order valence-electron chi connectivity index (χ2n) is 17.6. The topological polar surface area (TPSA) is 96.3 Å². The largest absolute Gasteiger partial charge is 0.481 e. The lowest BCUT2D eigenvalue weighted by Gasteiger charge is -2.70. The number of carbonyl (C=O) groups is 3. The van der Waals surface area contributed by atoms with E-state index in [1.807, 2.05) is 6.92 Å². The second kappa shape index (κ2) is 11.1. The van der Waals surface area contributed by atoms with Crippen LogP contribution in [0.2, 0.25) is 0 Å². The predicted molar refractivity (Wildman–Crippen MR) is 186 cm³/mol. The van der Waals surface area contributed by atoms with E-state index >= 15 is 0 Å². The summed E-state index contributed by atoms with van der Waals surface area (Å²) in [5.41, 5.74) is 1.82. The molecule has 0 radical (unpaired) electrons. The summed E-state index contributed by atoms with van der Waals surface area (Å²) in [5.74, 6) is -0.288. The first kappa shape index (κ1) is 34.1. The molecule has 1 heterocycles. The van der Waals surface area contributed by atoms with Crippen LogP contribution in [0.5, 0.6) is 0 Å². The number of carboxylic acid groups (broad SMARTS) is 1. The molecule has 0 unspecified atom stereocenters. The van der Waals surface area contributed by atoms with E-state index in [-0.39, 0.29) is 50.7 Å². The lowest BCUT2D eigenvalue weighted by atomic mass is 9.33. The van der Waals surface area contributed by atoms with Crippen molar-refractivity contribution in [3.63, 3.8) is 0 Å². The molecule has 1 amide bonds. The molecule has 5 aliphatic carbocycles. The maximum absolute atomic E-state index is 12.9. The zero-order valence-corrected chi connectivity index (χ0v) is 30.8. The standard InChI is InChI=1S/C37H54N2O5S2/c1-9-24-29(41)39(31(45)46-24)21-28(40)44-38-27-13-14-34(6)25(33(27,4)5)12-15-36(8)26(34)11-10-22-23-20-32(2,3)16-18-37(23,30(42)43)19-17-35(22,36)7/h10,23-26H,9,11-21H2,1-8H3,(H,42,43)/b38-27-/t23-,24+,25+,26-,34+,35-,36-,37+/m1/s1. The number of aliphatic carboxylic acids is 1. The Morgan fingerprint density at radius 3 is 2.39 bits per heavy atom. The van der Waals surface area contributed by atoms with E-state index in [1.165, 1.54) is 22.2 Å². The SMILES string of the molecule is CC[C@@H]1SC(=S)N(CC(=O)O/N=C2/CC[C@]3(C)[C@H]4CC=C5[C@H]6CC(C)(C)CC[C@]6(C(=O)O)CC[C@@]5(C)[C@]4(C)CC[C@H]3C2(C)C)C1=O. The molecule has 9 heteroatoms. The molecule has 6 rings (SSSR count). The quantitative estimate of drug-likeness (QED) is 0.136. The number of nitrogens with zero attached hydrogens (tertiary/aromatic N) is 2. The van der Waals surface area contributed by atoms with Crippen molar-refractivity contribution < 1.29 is 24.3 Å². The molecule has 254 valence electrons. The molecule has 1 N–H and O–H groups in total. The fourth-order valence-corrected chi connectivity index (χ4v) is 13.2. The van der Waals surface area contributed by atoms with Gasteiger partial charge in [0.25, 0.3) is 0 Å². The number of amides is 1. The number of oxime groups is 1. The molecule has 0 spiro atoms. The third-order valence-electron chi connectivity index (χ3n) is 14.8. The van der Waals surface area contributed by atoms with Crippen molar-refractivity contribution in [2.24, 2.45) is 55.4 Å². The van der Waals surface area contributed by atoms with Crippen LogP contribution < -0.4 is 0 Å². The number of carboxylic acids is 1. The fourth-order valence-electron chi connectivity index (χ4n) is 11.8. The van der Waals surface area contributed by atoms with E-state index in [1.54, 1.807) is 0 Å². The number of rotatable bonds is 5. The fraction of sp³-hybridized carbons (Fsp3) is 0.811. The van der Waals surface area contributed by atoms with E-state index in [2.05, 4.69) is 59.7 Å². The molecule has 0 aromatic rings. The Hall–Kier alpha value is -1.74. The molecule has 5 fully saturated rings. The van der Waals surface area contributed by atoms with Crippen molar-refractivity contribution in [1.82, 2.24) is 4.90 Å². The van der Waals surface area contributed by atoms with Gasteiger partial charge < -0.3 is 9.94 Å². The lowest BCUT2D eigenvalue weighted by Crippen LogP contribution is -2.64. The Bertz CT molecular complexity index is 1420. The van der Waals surface area contributed by atoms with Gasteiger partial charge in [-0.25, -0.2) is 4.79 Å². The summed E-state index contributed by atoms with van der Waals surface area (Å²) in [6.45, 7) is 18.5. The smallest absolute Gasteiger partial charge is 0.354 e. The monoisotopic (exact) mass is 670 g/mol. The number of thiocarbonyl (C=S) groups is 1. The van der Waals surface area contributed by atoms with Crippen molar-refractivity contribution >= 4 is 51.9 Å². The maximum Gasteiger partial charge on any atom is 0.354 e. The van der Waals surface area contributed by atoms with Gasteiger partial charge in [0.1, 0.15) is 10.9 Å². The third kappa shape index (κ3) is 4.81. The molecule has 8 atom stereocenters. The Labute approximate surface area is 285 Å². The average molecular weight is 671 g/mol. The number of hydrogen-bond acceptors (Lipinski definition) is 7. The zero-order chi connectivity index (χ0) is 33.7. The number of carbonyl (C=O) groups excluding carboxylic acids is 2. The number of allylic oxidation sites excluding steroid dienone is 2. The van der Waals surface area contributed by atoms with Crippen LogP contribution in [0.3, 0.4) is 0 Å². The molecular weight excluding hydrogens is 617 g/mol. The van der Waals surface area contributed by atoms with Gasteiger partial charge in [-0.05, 0) is 110 Å². The van der Waals surface area contributed by atoms with Gasteiger partial charge in [0.05, 0.1) is 16.4 Å². The van der Waals surface area contributed by atoms with Crippen LogP contribution in [0.25, 0.3) is 0 Å². The first-order valence-electron chi connectivity index (χ1n) is 17.6. The minimum atomic E-state index is -0.621. The third-order valence-corrected chi connectivity index (χ3v) is 16.5. The van der Waals surface area contributed by atoms with Crippen LogP contribution in [0.4, 0.5) is 0 Å². The van der Waals surface area contributed by atoms with Crippen molar-refractivity contribution in [3.8, 4) is 0 Å². The highest BCUT2D eigenvalue weighted by Gasteiger charge is 2.69. The Balaban J connectivity index is 1.24. The highest BCUT2D eigenvalue weighted by atomic mass is 32.2. The summed E-state index contributed by atoms with van der Waals surface area (Å²) >= 11 is 6.69. The van der Waals surface area contributed by atoms with E-state index in [0.717, 1.165) is 69.9 Å². The number of fused-ring (bicyclic) bond motifs is 7. The highest BCUT2D eigenvalue weighted by Crippen LogP contribution is 2.75. The molecular formula is C37H54N2O5S2. The van der Waals surface area contributed by atoms with Crippen LogP contribution in [0, 0.1) is 50.2 Å². The summed E-state index contributed by atoms with van der Waals surface area (Å²) in [6, 6.07) is 0. The Kier molecular flexibility index (Phi) is 8.27. The number of hydrogen-bond donors (Lipinski definition) is 1. The summed E-state index contributed by atoms with van der Waals surface area (Å²) in [5, 5.41) is 14.9. The van der Waals surface area contributed by atoms with Gasteiger partial charge in [-0.1, -0.05) is 96.2 Å². The van der Waals surface area contributed by atoms with Crippen LogP contribution in [-0.2, 0) is 19.2 Å². The van der Waals surface area contributed by atoms with Crippen molar-refractivity contribution in [1.29, 1.82) is 0 Å². The van der Waals surface area contributed by atoms with Crippen LogP contribution in [0.15, 0.2) is 16.8 Å². The van der Waals surface area contributed by atoms with Crippen LogP contribution >= 0.6 is 24.0 Å². The molecule has 7 nitrogen and oxygen atoms in total. The van der Waals surface area contributed by atoms with Gasteiger partial charge in [-0.3, -0.25) is 14.5 Å². The summed E-state index contributed by atoms with van der Waals surface area (Å²) in [6.07, 6.45) is 12.6. The van der Waals surface area contributed by atoms with E-state index in [0.29, 0.717) is 22.6 Å². The van der Waals surface area contributed by atoms with Crippen LogP contribution in [0.1, 0.15) is 126 Å². The van der Waals surface area contributed by atoms with Gasteiger partial charge in [-0.15, -0.1) is 0 Å². The Morgan fingerprint density at radius 2 is 1.74 bits per heavy atom.